The van der Waals surface area contributed by atoms with Crippen molar-refractivity contribution in [1.29, 1.82) is 0 Å². The van der Waals surface area contributed by atoms with Crippen molar-refractivity contribution in [2.45, 2.75) is 51.9 Å². The Morgan fingerprint density at radius 2 is 2.21 bits per heavy atom. The molecule has 0 unspecified atom stereocenters. The summed E-state index contributed by atoms with van der Waals surface area (Å²) >= 11 is 0. The zero-order valence-corrected chi connectivity index (χ0v) is 9.30. The number of Topliss-reactive ketones (excluding diaryl/α,β-unsaturated/α-hetero) is 1. The van der Waals surface area contributed by atoms with Crippen LogP contribution < -0.4 is 0 Å². The van der Waals surface area contributed by atoms with Crippen LogP contribution in [0.2, 0.25) is 0 Å². The van der Waals surface area contributed by atoms with E-state index in [1.807, 2.05) is 0 Å². The van der Waals surface area contributed by atoms with Crippen molar-refractivity contribution in [2.24, 2.45) is 11.8 Å². The molecule has 80 valence electrons. The van der Waals surface area contributed by atoms with Crippen LogP contribution in [0.5, 0.6) is 0 Å². The Bertz CT molecular complexity index is 195. The molecule has 0 radical (unpaired) electrons. The third-order valence-electron chi connectivity index (χ3n) is 3.11. The van der Waals surface area contributed by atoms with Crippen molar-refractivity contribution in [1.82, 2.24) is 0 Å². The van der Waals surface area contributed by atoms with Gasteiger partial charge in [-0.1, -0.05) is 38.7 Å². The van der Waals surface area contributed by atoms with Crippen LogP contribution in [0.15, 0.2) is 12.7 Å². The standard InChI is InChI=1S/C13H22O/c1-3-5-6-8-11-9-12(11)10-13(14)7-4-2/h4,11-12H,2-3,5-10H2,1H3/t11-,12+/m1/s1. The highest BCUT2D eigenvalue weighted by atomic mass is 16.1. The number of unbranched alkanes of at least 4 members (excludes halogenated alkanes) is 2. The van der Waals surface area contributed by atoms with Crippen LogP contribution in [0.4, 0.5) is 0 Å². The van der Waals surface area contributed by atoms with Gasteiger partial charge in [0.2, 0.25) is 0 Å². The molecule has 1 aliphatic carbocycles. The number of allylic oxidation sites excluding steroid dienone is 1. The van der Waals surface area contributed by atoms with Gasteiger partial charge in [-0.25, -0.2) is 0 Å². The van der Waals surface area contributed by atoms with Gasteiger partial charge in [-0.3, -0.25) is 4.79 Å². The topological polar surface area (TPSA) is 17.1 Å². The smallest absolute Gasteiger partial charge is 0.136 e. The first-order valence-electron chi connectivity index (χ1n) is 5.90. The summed E-state index contributed by atoms with van der Waals surface area (Å²) in [4.78, 5) is 11.3. The zero-order chi connectivity index (χ0) is 10.4. The lowest BCUT2D eigenvalue weighted by atomic mass is 10.1. The molecule has 1 heteroatoms. The Kier molecular flexibility index (Phi) is 4.92. The molecule has 0 aliphatic heterocycles. The summed E-state index contributed by atoms with van der Waals surface area (Å²) in [6.45, 7) is 5.82. The lowest BCUT2D eigenvalue weighted by molar-refractivity contribution is -0.118. The van der Waals surface area contributed by atoms with Crippen molar-refractivity contribution in [3.8, 4) is 0 Å². The fraction of sp³-hybridized carbons (Fsp3) is 0.769. The van der Waals surface area contributed by atoms with E-state index in [1.165, 1.54) is 32.1 Å². The van der Waals surface area contributed by atoms with E-state index < -0.39 is 0 Å². The molecule has 1 rings (SSSR count). The maximum Gasteiger partial charge on any atom is 0.136 e. The molecule has 0 bridgehead atoms. The Balaban J connectivity index is 2.02. The Morgan fingerprint density at radius 3 is 2.86 bits per heavy atom. The number of carbonyl (C=O) groups excluding carboxylic acids is 1. The third-order valence-corrected chi connectivity index (χ3v) is 3.11. The number of hydrogen-bond acceptors (Lipinski definition) is 1. The molecule has 0 aromatic carbocycles. The second-order valence-electron chi connectivity index (χ2n) is 4.49. The van der Waals surface area contributed by atoms with Gasteiger partial charge in [0, 0.05) is 12.8 Å². The average molecular weight is 194 g/mol. The minimum Gasteiger partial charge on any atom is -0.299 e. The summed E-state index contributed by atoms with van der Waals surface area (Å²) in [5, 5.41) is 0. The minimum atomic E-state index is 0.378. The van der Waals surface area contributed by atoms with E-state index in [2.05, 4.69) is 13.5 Å². The molecule has 0 N–H and O–H groups in total. The lowest BCUT2D eigenvalue weighted by Gasteiger charge is -1.98. The molecule has 1 nitrogen and oxygen atoms in total. The third kappa shape index (κ3) is 4.08. The summed E-state index contributed by atoms with van der Waals surface area (Å²) in [5.74, 6) is 1.97. The maximum atomic E-state index is 11.3. The average Bonchev–Trinajstić information content (AvgIpc) is 2.84. The lowest BCUT2D eigenvalue weighted by Crippen LogP contribution is -1.97. The van der Waals surface area contributed by atoms with Crippen molar-refractivity contribution in [2.75, 3.05) is 0 Å². The van der Waals surface area contributed by atoms with Gasteiger partial charge in [-0.15, -0.1) is 6.58 Å². The van der Waals surface area contributed by atoms with Gasteiger partial charge in [-0.05, 0) is 18.3 Å². The molecular weight excluding hydrogens is 172 g/mol. The second kappa shape index (κ2) is 6.00. The van der Waals surface area contributed by atoms with Crippen LogP contribution in [0.1, 0.15) is 51.9 Å². The van der Waals surface area contributed by atoms with Gasteiger partial charge in [0.1, 0.15) is 5.78 Å². The van der Waals surface area contributed by atoms with Crippen LogP contribution in [0.3, 0.4) is 0 Å². The molecule has 14 heavy (non-hydrogen) atoms. The fourth-order valence-electron chi connectivity index (χ4n) is 2.11. The van der Waals surface area contributed by atoms with E-state index in [0.29, 0.717) is 12.2 Å². The van der Waals surface area contributed by atoms with E-state index in [1.54, 1.807) is 6.08 Å². The summed E-state index contributed by atoms with van der Waals surface area (Å²) in [5.41, 5.74) is 0. The van der Waals surface area contributed by atoms with Crippen LogP contribution in [-0.2, 0) is 4.79 Å². The molecule has 2 atom stereocenters. The predicted molar refractivity (Wildman–Crippen MR) is 60.2 cm³/mol. The first-order valence-corrected chi connectivity index (χ1v) is 5.90. The Morgan fingerprint density at radius 1 is 1.43 bits per heavy atom. The molecule has 1 saturated carbocycles. The summed E-state index contributed by atoms with van der Waals surface area (Å²) in [7, 11) is 0. The van der Waals surface area contributed by atoms with E-state index in [4.69, 9.17) is 0 Å². The molecule has 0 spiro atoms. The van der Waals surface area contributed by atoms with E-state index in [-0.39, 0.29) is 0 Å². The first kappa shape index (κ1) is 11.5. The van der Waals surface area contributed by atoms with Gasteiger partial charge >= 0.3 is 0 Å². The molecular formula is C13H22O. The summed E-state index contributed by atoms with van der Waals surface area (Å²) in [6, 6.07) is 0. The molecule has 0 aromatic rings. The number of ketones is 1. The number of carbonyl (C=O) groups is 1. The fourth-order valence-corrected chi connectivity index (χ4v) is 2.11. The highest BCUT2D eigenvalue weighted by molar-refractivity contribution is 5.80. The van der Waals surface area contributed by atoms with Crippen molar-refractivity contribution in [3.63, 3.8) is 0 Å². The van der Waals surface area contributed by atoms with Crippen molar-refractivity contribution < 1.29 is 4.79 Å². The first-order chi connectivity index (χ1) is 6.77. The SMILES string of the molecule is C=CCC(=O)C[C@@H]1C[C@H]1CCCCC. The zero-order valence-electron chi connectivity index (χ0n) is 9.30. The molecule has 0 saturated heterocycles. The molecule has 1 aliphatic rings. The second-order valence-corrected chi connectivity index (χ2v) is 4.49. The quantitative estimate of drug-likeness (QED) is 0.425. The number of hydrogen-bond donors (Lipinski definition) is 0. The van der Waals surface area contributed by atoms with Crippen molar-refractivity contribution in [3.05, 3.63) is 12.7 Å². The van der Waals surface area contributed by atoms with Gasteiger partial charge < -0.3 is 0 Å². The van der Waals surface area contributed by atoms with Crippen LogP contribution in [0, 0.1) is 11.8 Å². The Hall–Kier alpha value is -0.590. The van der Waals surface area contributed by atoms with Crippen LogP contribution >= 0.6 is 0 Å². The normalized spacial score (nSPS) is 24.6. The summed E-state index contributed by atoms with van der Waals surface area (Å²) in [6.07, 6.45) is 9.74. The molecule has 0 heterocycles. The van der Waals surface area contributed by atoms with E-state index in [9.17, 15) is 4.79 Å². The molecule has 0 aromatic heterocycles. The van der Waals surface area contributed by atoms with Crippen LogP contribution in [0.25, 0.3) is 0 Å². The largest absolute Gasteiger partial charge is 0.299 e. The van der Waals surface area contributed by atoms with Gasteiger partial charge in [0.05, 0.1) is 0 Å². The van der Waals surface area contributed by atoms with Crippen LogP contribution in [-0.4, -0.2) is 5.78 Å². The predicted octanol–water partition coefficient (Wildman–Crippen LogP) is 3.74. The Labute approximate surface area is 87.6 Å². The summed E-state index contributed by atoms with van der Waals surface area (Å²) < 4.78 is 0. The maximum absolute atomic E-state index is 11.3. The minimum absolute atomic E-state index is 0.378. The highest BCUT2D eigenvalue weighted by Gasteiger charge is 2.36. The number of rotatable bonds is 8. The van der Waals surface area contributed by atoms with Crippen molar-refractivity contribution >= 4 is 5.78 Å². The monoisotopic (exact) mass is 194 g/mol. The van der Waals surface area contributed by atoms with Gasteiger partial charge in [-0.2, -0.15) is 0 Å². The highest BCUT2D eigenvalue weighted by Crippen LogP contribution is 2.45. The molecule has 1 fully saturated rings. The van der Waals surface area contributed by atoms with Gasteiger partial charge in [0.25, 0.3) is 0 Å². The molecule has 0 amide bonds. The van der Waals surface area contributed by atoms with E-state index in [0.717, 1.165) is 18.3 Å². The van der Waals surface area contributed by atoms with Gasteiger partial charge in [0.15, 0.2) is 0 Å². The van der Waals surface area contributed by atoms with E-state index >= 15 is 0 Å².